The van der Waals surface area contributed by atoms with Crippen molar-refractivity contribution in [2.45, 2.75) is 37.1 Å². The number of aryl methyl sites for hydroxylation is 2. The summed E-state index contributed by atoms with van der Waals surface area (Å²) in [6, 6.07) is 5.44. The lowest BCUT2D eigenvalue weighted by Crippen LogP contribution is -2.55. The molecule has 7 heteroatoms. The molecule has 1 amide bonds. The Morgan fingerprint density at radius 3 is 2.30 bits per heavy atom. The summed E-state index contributed by atoms with van der Waals surface area (Å²) in [6.45, 7) is 5.13. The van der Waals surface area contributed by atoms with Gasteiger partial charge in [-0.2, -0.15) is 4.31 Å². The highest BCUT2D eigenvalue weighted by atomic mass is 32.2. The van der Waals surface area contributed by atoms with Crippen molar-refractivity contribution in [3.05, 3.63) is 29.3 Å². The van der Waals surface area contributed by atoms with E-state index in [1.807, 2.05) is 19.1 Å². The second-order valence-electron chi connectivity index (χ2n) is 6.62. The van der Waals surface area contributed by atoms with Gasteiger partial charge < -0.3 is 10.6 Å². The van der Waals surface area contributed by atoms with Crippen LogP contribution in [0.1, 0.15) is 24.0 Å². The first-order valence-corrected chi connectivity index (χ1v) is 9.34. The zero-order valence-corrected chi connectivity index (χ0v) is 14.4. The lowest BCUT2D eigenvalue weighted by Gasteiger charge is -2.35. The van der Waals surface area contributed by atoms with E-state index < -0.39 is 15.6 Å². The number of carbonyl (C=O) groups is 1. The first kappa shape index (κ1) is 16.4. The number of carbonyl (C=O) groups excluding carboxylic acids is 1. The molecular formula is C16H23N3O3S. The van der Waals surface area contributed by atoms with Crippen LogP contribution in [0.2, 0.25) is 0 Å². The van der Waals surface area contributed by atoms with Gasteiger partial charge in [-0.05, 0) is 43.9 Å². The summed E-state index contributed by atoms with van der Waals surface area (Å²) >= 11 is 0. The zero-order valence-electron chi connectivity index (χ0n) is 13.6. The van der Waals surface area contributed by atoms with Crippen molar-refractivity contribution in [2.24, 2.45) is 5.73 Å². The quantitative estimate of drug-likeness (QED) is 0.877. The molecule has 2 aliphatic rings. The van der Waals surface area contributed by atoms with Crippen LogP contribution in [0.25, 0.3) is 0 Å². The van der Waals surface area contributed by atoms with E-state index in [0.717, 1.165) is 24.0 Å². The molecule has 0 bridgehead atoms. The Bertz CT molecular complexity index is 733. The van der Waals surface area contributed by atoms with Crippen LogP contribution in [0.15, 0.2) is 23.1 Å². The van der Waals surface area contributed by atoms with Crippen molar-refractivity contribution in [1.29, 1.82) is 0 Å². The molecule has 0 atom stereocenters. The largest absolute Gasteiger partial charge is 0.338 e. The van der Waals surface area contributed by atoms with Gasteiger partial charge in [-0.1, -0.05) is 12.1 Å². The van der Waals surface area contributed by atoms with Crippen LogP contribution in [-0.4, -0.2) is 55.2 Å². The topological polar surface area (TPSA) is 83.7 Å². The van der Waals surface area contributed by atoms with E-state index in [1.165, 1.54) is 4.31 Å². The molecule has 1 saturated heterocycles. The van der Waals surface area contributed by atoms with E-state index in [-0.39, 0.29) is 5.91 Å². The molecule has 2 N–H and O–H groups in total. The Kier molecular flexibility index (Phi) is 3.98. The Hall–Kier alpha value is -1.44. The lowest BCUT2D eigenvalue weighted by molar-refractivity contribution is -0.134. The fraction of sp³-hybridized carbons (Fsp3) is 0.562. The third kappa shape index (κ3) is 3.00. The molecular weight excluding hydrogens is 314 g/mol. The Balaban J connectivity index is 1.74. The predicted molar refractivity (Wildman–Crippen MR) is 87.4 cm³/mol. The smallest absolute Gasteiger partial charge is 0.243 e. The highest BCUT2D eigenvalue weighted by Crippen LogP contribution is 2.34. The summed E-state index contributed by atoms with van der Waals surface area (Å²) in [5, 5.41) is 0. The minimum absolute atomic E-state index is 0.0405. The average molecular weight is 337 g/mol. The molecule has 0 aromatic heterocycles. The number of piperazine rings is 1. The number of hydrogen-bond donors (Lipinski definition) is 1. The molecule has 23 heavy (non-hydrogen) atoms. The van der Waals surface area contributed by atoms with Gasteiger partial charge in [0, 0.05) is 26.2 Å². The van der Waals surface area contributed by atoms with Crippen molar-refractivity contribution < 1.29 is 13.2 Å². The van der Waals surface area contributed by atoms with E-state index in [9.17, 15) is 13.2 Å². The van der Waals surface area contributed by atoms with Crippen molar-refractivity contribution in [3.63, 3.8) is 0 Å². The van der Waals surface area contributed by atoms with E-state index in [4.69, 9.17) is 5.73 Å². The molecule has 0 radical (unpaired) electrons. The third-order valence-electron chi connectivity index (χ3n) is 4.70. The van der Waals surface area contributed by atoms with Gasteiger partial charge in [-0.25, -0.2) is 8.42 Å². The minimum Gasteiger partial charge on any atom is -0.338 e. The molecule has 0 spiro atoms. The highest BCUT2D eigenvalue weighted by Gasteiger charge is 2.48. The fourth-order valence-electron chi connectivity index (χ4n) is 2.92. The summed E-state index contributed by atoms with van der Waals surface area (Å²) in [5.41, 5.74) is 6.92. The van der Waals surface area contributed by atoms with E-state index >= 15 is 0 Å². The number of nitrogens with two attached hydrogens (primary N) is 1. The summed E-state index contributed by atoms with van der Waals surface area (Å²) in [4.78, 5) is 14.3. The number of amides is 1. The van der Waals surface area contributed by atoms with Crippen LogP contribution in [0.3, 0.4) is 0 Å². The Morgan fingerprint density at radius 1 is 1.13 bits per heavy atom. The maximum Gasteiger partial charge on any atom is 0.243 e. The van der Waals surface area contributed by atoms with Gasteiger partial charge in [-0.3, -0.25) is 4.79 Å². The standard InChI is InChI=1S/C16H23N3O3S/c1-12-3-4-13(2)14(11-12)23(21,22)19-9-7-18(8-10-19)15(20)16(17)5-6-16/h3-4,11H,5-10,17H2,1-2H3. The van der Waals surface area contributed by atoms with E-state index in [2.05, 4.69) is 0 Å². The second-order valence-corrected chi connectivity index (χ2v) is 8.53. The number of nitrogens with zero attached hydrogens (tertiary/aromatic N) is 2. The van der Waals surface area contributed by atoms with E-state index in [1.54, 1.807) is 17.9 Å². The minimum atomic E-state index is -3.52. The average Bonchev–Trinajstić information content (AvgIpc) is 3.28. The second kappa shape index (κ2) is 5.58. The van der Waals surface area contributed by atoms with Gasteiger partial charge in [0.05, 0.1) is 10.4 Å². The van der Waals surface area contributed by atoms with Crippen LogP contribution in [0, 0.1) is 13.8 Å². The van der Waals surface area contributed by atoms with Crippen LogP contribution in [0.4, 0.5) is 0 Å². The van der Waals surface area contributed by atoms with Gasteiger partial charge in [0.1, 0.15) is 0 Å². The molecule has 3 rings (SSSR count). The van der Waals surface area contributed by atoms with Gasteiger partial charge >= 0.3 is 0 Å². The molecule has 1 aromatic carbocycles. The van der Waals surface area contributed by atoms with Gasteiger partial charge in [0.2, 0.25) is 15.9 Å². The summed E-state index contributed by atoms with van der Waals surface area (Å²) in [7, 11) is -3.52. The van der Waals surface area contributed by atoms with Crippen LogP contribution < -0.4 is 5.73 Å². The van der Waals surface area contributed by atoms with Crippen LogP contribution in [0.5, 0.6) is 0 Å². The number of rotatable bonds is 3. The predicted octanol–water partition coefficient (Wildman–Crippen LogP) is 0.628. The lowest BCUT2D eigenvalue weighted by atomic mass is 10.2. The zero-order chi connectivity index (χ0) is 16.8. The highest BCUT2D eigenvalue weighted by molar-refractivity contribution is 7.89. The van der Waals surface area contributed by atoms with Gasteiger partial charge in [0.25, 0.3) is 0 Å². The maximum atomic E-state index is 12.8. The van der Waals surface area contributed by atoms with Gasteiger partial charge in [-0.15, -0.1) is 0 Å². The monoisotopic (exact) mass is 337 g/mol. The molecule has 6 nitrogen and oxygen atoms in total. The Labute approximate surface area is 137 Å². The van der Waals surface area contributed by atoms with Crippen molar-refractivity contribution in [2.75, 3.05) is 26.2 Å². The number of benzene rings is 1. The summed E-state index contributed by atoms with van der Waals surface area (Å²) in [5.74, 6) is -0.0405. The molecule has 0 unspecified atom stereocenters. The summed E-state index contributed by atoms with van der Waals surface area (Å²) < 4.78 is 27.2. The molecule has 126 valence electrons. The molecule has 1 heterocycles. The molecule has 1 aliphatic heterocycles. The molecule has 2 fully saturated rings. The van der Waals surface area contributed by atoms with Crippen LogP contribution in [-0.2, 0) is 14.8 Å². The molecule has 1 aromatic rings. The first-order valence-electron chi connectivity index (χ1n) is 7.90. The third-order valence-corrected chi connectivity index (χ3v) is 6.74. The first-order chi connectivity index (χ1) is 10.7. The number of hydrogen-bond acceptors (Lipinski definition) is 4. The number of sulfonamides is 1. The van der Waals surface area contributed by atoms with Crippen molar-refractivity contribution >= 4 is 15.9 Å². The van der Waals surface area contributed by atoms with Crippen molar-refractivity contribution in [3.8, 4) is 0 Å². The van der Waals surface area contributed by atoms with Crippen LogP contribution >= 0.6 is 0 Å². The molecule has 1 aliphatic carbocycles. The Morgan fingerprint density at radius 2 is 1.74 bits per heavy atom. The fourth-order valence-corrected chi connectivity index (χ4v) is 4.65. The maximum absolute atomic E-state index is 12.8. The summed E-state index contributed by atoms with van der Waals surface area (Å²) in [6.07, 6.45) is 1.46. The van der Waals surface area contributed by atoms with Gasteiger partial charge in [0.15, 0.2) is 0 Å². The normalized spacial score (nSPS) is 21.3. The molecule has 1 saturated carbocycles. The van der Waals surface area contributed by atoms with Crippen molar-refractivity contribution in [1.82, 2.24) is 9.21 Å². The van der Waals surface area contributed by atoms with E-state index in [0.29, 0.717) is 31.1 Å². The SMILES string of the molecule is Cc1ccc(C)c(S(=O)(=O)N2CCN(C(=O)C3(N)CC3)CC2)c1.